The van der Waals surface area contributed by atoms with E-state index in [0.717, 1.165) is 22.1 Å². The first-order valence-corrected chi connectivity index (χ1v) is 6.46. The molecule has 0 atom stereocenters. The zero-order chi connectivity index (χ0) is 15.0. The quantitative estimate of drug-likeness (QED) is 0.783. The molecule has 0 aliphatic rings. The highest BCUT2D eigenvalue weighted by Gasteiger charge is 2.10. The molecule has 0 aliphatic carbocycles. The topological polar surface area (TPSA) is 61.0 Å². The summed E-state index contributed by atoms with van der Waals surface area (Å²) in [5.74, 6) is 0.522. The van der Waals surface area contributed by atoms with Crippen molar-refractivity contribution in [3.63, 3.8) is 0 Å². The minimum absolute atomic E-state index is 0.132. The van der Waals surface area contributed by atoms with E-state index in [-0.39, 0.29) is 11.5 Å². The fourth-order valence-corrected chi connectivity index (χ4v) is 2.20. The average Bonchev–Trinajstić information content (AvgIpc) is 2.51. The highest BCUT2D eigenvalue weighted by Crippen LogP contribution is 2.26. The molecule has 1 heterocycles. The highest BCUT2D eigenvalue weighted by atomic mass is 19.1. The molecule has 0 unspecified atom stereocenters. The molecule has 0 fully saturated rings. The number of halogens is 1. The molecule has 0 spiro atoms. The number of hydrogen-bond donors (Lipinski definition) is 1. The van der Waals surface area contributed by atoms with Crippen LogP contribution >= 0.6 is 0 Å². The largest absolute Gasteiger partial charge is 0.497 e. The number of hydrogen-bond acceptors (Lipinski definition) is 4. The lowest BCUT2D eigenvalue weighted by atomic mass is 10.1. The second kappa shape index (κ2) is 5.01. The number of methoxy groups -OCH3 is 1. The zero-order valence-electron chi connectivity index (χ0n) is 11.7. The van der Waals surface area contributed by atoms with Crippen LogP contribution < -0.4 is 10.5 Å². The number of benzene rings is 2. The number of anilines is 1. The van der Waals surface area contributed by atoms with Gasteiger partial charge in [0.25, 0.3) is 0 Å². The third kappa shape index (κ3) is 2.38. The average molecular weight is 283 g/mol. The number of aryl methyl sites for hydroxylation is 1. The maximum absolute atomic E-state index is 13.5. The Morgan fingerprint density at radius 2 is 1.76 bits per heavy atom. The standard InChI is InChI=1S/C16H14FN3O/c1-9-14(17)15(18)20-16(19-9)12-4-3-11-8-13(21-2)6-5-10(11)7-12/h3-8H,1-2H3,(H2,18,19,20). The molecule has 3 aromatic rings. The molecule has 106 valence electrons. The smallest absolute Gasteiger partial charge is 0.186 e. The van der Waals surface area contributed by atoms with Gasteiger partial charge in [-0.15, -0.1) is 0 Å². The van der Waals surface area contributed by atoms with E-state index >= 15 is 0 Å². The molecule has 2 aromatic carbocycles. The Morgan fingerprint density at radius 1 is 1.05 bits per heavy atom. The van der Waals surface area contributed by atoms with Crippen LogP contribution in [0, 0.1) is 12.7 Å². The number of aromatic nitrogens is 2. The van der Waals surface area contributed by atoms with Crippen LogP contribution in [0.5, 0.6) is 5.75 Å². The number of ether oxygens (including phenoxy) is 1. The Kier molecular flexibility index (Phi) is 3.17. The van der Waals surface area contributed by atoms with Crippen molar-refractivity contribution < 1.29 is 9.13 Å². The molecular weight excluding hydrogens is 269 g/mol. The second-order valence-electron chi connectivity index (χ2n) is 4.76. The highest BCUT2D eigenvalue weighted by molar-refractivity contribution is 5.87. The van der Waals surface area contributed by atoms with Gasteiger partial charge < -0.3 is 10.5 Å². The Hall–Kier alpha value is -2.69. The molecule has 4 nitrogen and oxygen atoms in total. The molecule has 2 N–H and O–H groups in total. The van der Waals surface area contributed by atoms with Gasteiger partial charge in [0, 0.05) is 5.56 Å². The molecule has 21 heavy (non-hydrogen) atoms. The maximum atomic E-state index is 13.5. The third-order valence-electron chi connectivity index (χ3n) is 3.35. The molecule has 0 saturated carbocycles. The molecule has 0 bridgehead atoms. The summed E-state index contributed by atoms with van der Waals surface area (Å²) < 4.78 is 18.7. The molecule has 5 heteroatoms. The van der Waals surface area contributed by atoms with Crippen molar-refractivity contribution in [2.24, 2.45) is 0 Å². The van der Waals surface area contributed by atoms with Gasteiger partial charge in [-0.3, -0.25) is 0 Å². The van der Waals surface area contributed by atoms with E-state index in [9.17, 15) is 4.39 Å². The van der Waals surface area contributed by atoms with Crippen LogP contribution in [0.25, 0.3) is 22.2 Å². The molecular formula is C16H14FN3O. The maximum Gasteiger partial charge on any atom is 0.186 e. The summed E-state index contributed by atoms with van der Waals surface area (Å²) in [6, 6.07) is 11.6. The molecule has 1 aromatic heterocycles. The first kappa shape index (κ1) is 13.3. The lowest BCUT2D eigenvalue weighted by Gasteiger charge is -2.07. The van der Waals surface area contributed by atoms with E-state index < -0.39 is 5.82 Å². The van der Waals surface area contributed by atoms with Gasteiger partial charge in [-0.05, 0) is 35.9 Å². The van der Waals surface area contributed by atoms with Gasteiger partial charge in [-0.1, -0.05) is 18.2 Å². The van der Waals surface area contributed by atoms with Crippen LogP contribution in [0.1, 0.15) is 5.69 Å². The van der Waals surface area contributed by atoms with Crippen molar-refractivity contribution in [1.29, 1.82) is 0 Å². The minimum atomic E-state index is -0.565. The minimum Gasteiger partial charge on any atom is -0.497 e. The van der Waals surface area contributed by atoms with Crippen LogP contribution in [-0.2, 0) is 0 Å². The van der Waals surface area contributed by atoms with E-state index in [1.807, 2.05) is 36.4 Å². The van der Waals surface area contributed by atoms with Crippen LogP contribution in [0.15, 0.2) is 36.4 Å². The summed E-state index contributed by atoms with van der Waals surface area (Å²) in [6.07, 6.45) is 0. The summed E-state index contributed by atoms with van der Waals surface area (Å²) >= 11 is 0. The Balaban J connectivity index is 2.13. The van der Waals surface area contributed by atoms with E-state index in [1.54, 1.807) is 14.0 Å². The molecule has 3 rings (SSSR count). The SMILES string of the molecule is COc1ccc2cc(-c3nc(C)c(F)c(N)n3)ccc2c1. The van der Waals surface area contributed by atoms with Gasteiger partial charge in [0.15, 0.2) is 17.5 Å². The van der Waals surface area contributed by atoms with Crippen molar-refractivity contribution in [2.45, 2.75) is 6.92 Å². The van der Waals surface area contributed by atoms with E-state index in [1.165, 1.54) is 0 Å². The van der Waals surface area contributed by atoms with Crippen LogP contribution in [0.3, 0.4) is 0 Å². The van der Waals surface area contributed by atoms with Crippen molar-refractivity contribution in [1.82, 2.24) is 9.97 Å². The molecule has 0 amide bonds. The van der Waals surface area contributed by atoms with Crippen molar-refractivity contribution in [3.05, 3.63) is 47.9 Å². The van der Waals surface area contributed by atoms with Gasteiger partial charge in [-0.2, -0.15) is 0 Å². The molecule has 0 saturated heterocycles. The lowest BCUT2D eigenvalue weighted by Crippen LogP contribution is -2.02. The van der Waals surface area contributed by atoms with Crippen molar-refractivity contribution in [3.8, 4) is 17.1 Å². The number of nitrogens with zero attached hydrogens (tertiary/aromatic N) is 2. The second-order valence-corrected chi connectivity index (χ2v) is 4.76. The zero-order valence-corrected chi connectivity index (χ0v) is 11.7. The van der Waals surface area contributed by atoms with E-state index in [0.29, 0.717) is 5.82 Å². The van der Waals surface area contributed by atoms with Crippen LogP contribution in [0.4, 0.5) is 10.2 Å². The fraction of sp³-hybridized carbons (Fsp3) is 0.125. The summed E-state index contributed by atoms with van der Waals surface area (Å²) in [5.41, 5.74) is 6.60. The normalized spacial score (nSPS) is 10.8. The first-order chi connectivity index (χ1) is 10.1. The monoisotopic (exact) mass is 283 g/mol. The Bertz CT molecular complexity index is 810. The first-order valence-electron chi connectivity index (χ1n) is 6.46. The predicted molar refractivity (Wildman–Crippen MR) is 80.6 cm³/mol. The molecule has 0 aliphatic heterocycles. The van der Waals surface area contributed by atoms with Gasteiger partial charge in [-0.25, -0.2) is 14.4 Å². The van der Waals surface area contributed by atoms with Crippen LogP contribution in [0.2, 0.25) is 0 Å². The number of rotatable bonds is 2. The summed E-state index contributed by atoms with van der Waals surface area (Å²) in [5, 5.41) is 2.07. The van der Waals surface area contributed by atoms with Crippen molar-refractivity contribution in [2.75, 3.05) is 12.8 Å². The summed E-state index contributed by atoms with van der Waals surface area (Å²) in [7, 11) is 1.63. The Morgan fingerprint density at radius 3 is 2.48 bits per heavy atom. The Labute approximate surface area is 121 Å². The van der Waals surface area contributed by atoms with E-state index in [4.69, 9.17) is 10.5 Å². The lowest BCUT2D eigenvalue weighted by molar-refractivity contribution is 0.415. The van der Waals surface area contributed by atoms with Gasteiger partial charge >= 0.3 is 0 Å². The van der Waals surface area contributed by atoms with E-state index in [2.05, 4.69) is 9.97 Å². The van der Waals surface area contributed by atoms with Crippen LogP contribution in [-0.4, -0.2) is 17.1 Å². The number of nitrogens with two attached hydrogens (primary N) is 1. The number of nitrogen functional groups attached to an aromatic ring is 1. The summed E-state index contributed by atoms with van der Waals surface area (Å²) in [4.78, 5) is 8.16. The fourth-order valence-electron chi connectivity index (χ4n) is 2.20. The summed E-state index contributed by atoms with van der Waals surface area (Å²) in [6.45, 7) is 1.57. The van der Waals surface area contributed by atoms with Gasteiger partial charge in [0.2, 0.25) is 0 Å². The van der Waals surface area contributed by atoms with Gasteiger partial charge in [0.05, 0.1) is 12.8 Å². The number of fused-ring (bicyclic) bond motifs is 1. The predicted octanol–water partition coefficient (Wildman–Crippen LogP) is 3.34. The van der Waals surface area contributed by atoms with Gasteiger partial charge in [0.1, 0.15) is 5.75 Å². The molecule has 0 radical (unpaired) electrons. The third-order valence-corrected chi connectivity index (χ3v) is 3.35. The van der Waals surface area contributed by atoms with Crippen molar-refractivity contribution >= 4 is 16.6 Å².